The number of benzene rings is 1. The first-order valence-corrected chi connectivity index (χ1v) is 5.59. The molecule has 2 rings (SSSR count). The number of nitrogens with zero attached hydrogens (tertiary/aromatic N) is 2. The zero-order valence-electron chi connectivity index (χ0n) is 9.92. The van der Waals surface area contributed by atoms with Gasteiger partial charge in [0.25, 0.3) is 0 Å². The lowest BCUT2D eigenvalue weighted by atomic mass is 10.1. The van der Waals surface area contributed by atoms with Crippen LogP contribution in [-0.2, 0) is 0 Å². The first kappa shape index (κ1) is 11.5. The van der Waals surface area contributed by atoms with Gasteiger partial charge in [-0.1, -0.05) is 32.0 Å². The average Bonchev–Trinajstić information content (AvgIpc) is 2.39. The minimum Gasteiger partial charge on any atom is -0.298 e. The van der Waals surface area contributed by atoms with Crippen molar-refractivity contribution in [2.45, 2.75) is 19.8 Å². The van der Waals surface area contributed by atoms with E-state index in [1.54, 1.807) is 12.3 Å². The summed E-state index contributed by atoms with van der Waals surface area (Å²) in [5, 5.41) is 0. The SMILES string of the molecule is CC(C)c1nccc(-c2cccc(C=O)c2)n1. The van der Waals surface area contributed by atoms with Crippen LogP contribution in [0.25, 0.3) is 11.3 Å². The minimum absolute atomic E-state index is 0.296. The molecule has 3 nitrogen and oxygen atoms in total. The van der Waals surface area contributed by atoms with E-state index >= 15 is 0 Å². The van der Waals surface area contributed by atoms with Gasteiger partial charge in [-0.05, 0) is 12.1 Å². The second-order valence-electron chi connectivity index (χ2n) is 4.20. The van der Waals surface area contributed by atoms with E-state index < -0.39 is 0 Å². The molecule has 0 saturated carbocycles. The van der Waals surface area contributed by atoms with Crippen molar-refractivity contribution in [1.82, 2.24) is 9.97 Å². The van der Waals surface area contributed by atoms with Crippen LogP contribution in [0.5, 0.6) is 0 Å². The van der Waals surface area contributed by atoms with Gasteiger partial charge in [0, 0.05) is 23.2 Å². The Morgan fingerprint density at radius 1 is 1.24 bits per heavy atom. The molecule has 2 aromatic rings. The molecule has 0 aliphatic carbocycles. The highest BCUT2D eigenvalue weighted by molar-refractivity contribution is 5.78. The Bertz CT molecular complexity index is 535. The van der Waals surface area contributed by atoms with Crippen LogP contribution in [0.1, 0.15) is 35.9 Å². The van der Waals surface area contributed by atoms with Gasteiger partial charge in [0.2, 0.25) is 0 Å². The summed E-state index contributed by atoms with van der Waals surface area (Å²) in [5.74, 6) is 1.11. The standard InChI is InChI=1S/C14H14N2O/c1-10(2)14-15-7-6-13(16-14)12-5-3-4-11(8-12)9-17/h3-10H,1-2H3. The molecule has 0 saturated heterocycles. The van der Waals surface area contributed by atoms with Crippen LogP contribution in [0.3, 0.4) is 0 Å². The third-order valence-electron chi connectivity index (χ3n) is 2.51. The Balaban J connectivity index is 2.45. The summed E-state index contributed by atoms with van der Waals surface area (Å²) >= 11 is 0. The first-order chi connectivity index (χ1) is 8.20. The van der Waals surface area contributed by atoms with Gasteiger partial charge in [-0.3, -0.25) is 4.79 Å². The summed E-state index contributed by atoms with van der Waals surface area (Å²) in [7, 11) is 0. The highest BCUT2D eigenvalue weighted by Crippen LogP contribution is 2.19. The topological polar surface area (TPSA) is 42.9 Å². The molecule has 0 fully saturated rings. The highest BCUT2D eigenvalue weighted by atomic mass is 16.1. The van der Waals surface area contributed by atoms with Crippen LogP contribution in [0.4, 0.5) is 0 Å². The van der Waals surface area contributed by atoms with Crippen molar-refractivity contribution in [2.24, 2.45) is 0 Å². The van der Waals surface area contributed by atoms with Crippen molar-refractivity contribution in [2.75, 3.05) is 0 Å². The fourth-order valence-electron chi connectivity index (χ4n) is 1.58. The second-order valence-corrected chi connectivity index (χ2v) is 4.20. The molecule has 0 atom stereocenters. The molecule has 0 bridgehead atoms. The first-order valence-electron chi connectivity index (χ1n) is 5.59. The smallest absolute Gasteiger partial charge is 0.150 e. The summed E-state index contributed by atoms with van der Waals surface area (Å²) in [6, 6.07) is 9.27. The molecular formula is C14H14N2O. The van der Waals surface area contributed by atoms with Gasteiger partial charge in [-0.2, -0.15) is 0 Å². The van der Waals surface area contributed by atoms with Crippen molar-refractivity contribution in [3.63, 3.8) is 0 Å². The fourth-order valence-corrected chi connectivity index (χ4v) is 1.58. The van der Waals surface area contributed by atoms with Gasteiger partial charge in [0.1, 0.15) is 12.1 Å². The molecule has 0 amide bonds. The van der Waals surface area contributed by atoms with Crippen LogP contribution in [-0.4, -0.2) is 16.3 Å². The highest BCUT2D eigenvalue weighted by Gasteiger charge is 2.05. The zero-order valence-corrected chi connectivity index (χ0v) is 9.92. The van der Waals surface area contributed by atoms with Crippen molar-refractivity contribution in [1.29, 1.82) is 0 Å². The Morgan fingerprint density at radius 2 is 2.06 bits per heavy atom. The number of aromatic nitrogens is 2. The van der Waals surface area contributed by atoms with E-state index in [1.807, 2.05) is 24.3 Å². The van der Waals surface area contributed by atoms with Crippen LogP contribution in [0.2, 0.25) is 0 Å². The Hall–Kier alpha value is -2.03. The maximum atomic E-state index is 10.7. The number of rotatable bonds is 3. The molecule has 86 valence electrons. The molecule has 1 aromatic heterocycles. The van der Waals surface area contributed by atoms with E-state index in [4.69, 9.17) is 0 Å². The molecule has 0 N–H and O–H groups in total. The number of hydrogen-bond donors (Lipinski definition) is 0. The molecule has 1 aromatic carbocycles. The van der Waals surface area contributed by atoms with E-state index in [1.165, 1.54) is 0 Å². The average molecular weight is 226 g/mol. The predicted molar refractivity (Wildman–Crippen MR) is 66.9 cm³/mol. The molecular weight excluding hydrogens is 212 g/mol. The summed E-state index contributed by atoms with van der Waals surface area (Å²) in [5.41, 5.74) is 2.46. The molecule has 0 spiro atoms. The molecule has 0 aliphatic rings. The third kappa shape index (κ3) is 2.56. The lowest BCUT2D eigenvalue weighted by Gasteiger charge is -2.06. The predicted octanol–water partition coefficient (Wildman–Crippen LogP) is 3.08. The van der Waals surface area contributed by atoms with E-state index in [2.05, 4.69) is 23.8 Å². The fraction of sp³-hybridized carbons (Fsp3) is 0.214. The lowest BCUT2D eigenvalue weighted by Crippen LogP contribution is -1.98. The van der Waals surface area contributed by atoms with Crippen molar-refractivity contribution < 1.29 is 4.79 Å². The van der Waals surface area contributed by atoms with Crippen LogP contribution >= 0.6 is 0 Å². The van der Waals surface area contributed by atoms with Gasteiger partial charge >= 0.3 is 0 Å². The molecule has 17 heavy (non-hydrogen) atoms. The largest absolute Gasteiger partial charge is 0.298 e. The molecule has 0 aliphatic heterocycles. The van der Waals surface area contributed by atoms with E-state index in [0.29, 0.717) is 11.5 Å². The normalized spacial score (nSPS) is 10.5. The van der Waals surface area contributed by atoms with E-state index in [0.717, 1.165) is 23.4 Å². The number of carbonyl (C=O) groups excluding carboxylic acids is 1. The monoisotopic (exact) mass is 226 g/mol. The summed E-state index contributed by atoms with van der Waals surface area (Å²) in [4.78, 5) is 19.4. The Labute approximate surface area is 101 Å². The quantitative estimate of drug-likeness (QED) is 0.755. The number of carbonyl (C=O) groups is 1. The van der Waals surface area contributed by atoms with Gasteiger partial charge in [-0.15, -0.1) is 0 Å². The molecule has 0 unspecified atom stereocenters. The van der Waals surface area contributed by atoms with Crippen LogP contribution in [0.15, 0.2) is 36.5 Å². The van der Waals surface area contributed by atoms with Gasteiger partial charge in [0.15, 0.2) is 0 Å². The minimum atomic E-state index is 0.296. The van der Waals surface area contributed by atoms with Crippen molar-refractivity contribution >= 4 is 6.29 Å². The zero-order chi connectivity index (χ0) is 12.3. The van der Waals surface area contributed by atoms with Gasteiger partial charge < -0.3 is 0 Å². The second kappa shape index (κ2) is 4.87. The third-order valence-corrected chi connectivity index (χ3v) is 2.51. The Kier molecular flexibility index (Phi) is 3.28. The molecule has 3 heteroatoms. The van der Waals surface area contributed by atoms with Gasteiger partial charge in [-0.25, -0.2) is 9.97 Å². The van der Waals surface area contributed by atoms with Crippen LogP contribution < -0.4 is 0 Å². The summed E-state index contributed by atoms with van der Waals surface area (Å²) < 4.78 is 0. The van der Waals surface area contributed by atoms with Crippen molar-refractivity contribution in [3.8, 4) is 11.3 Å². The summed E-state index contributed by atoms with van der Waals surface area (Å²) in [6.07, 6.45) is 2.60. The summed E-state index contributed by atoms with van der Waals surface area (Å²) in [6.45, 7) is 4.11. The maximum Gasteiger partial charge on any atom is 0.150 e. The van der Waals surface area contributed by atoms with Crippen molar-refractivity contribution in [3.05, 3.63) is 47.9 Å². The van der Waals surface area contributed by atoms with Crippen LogP contribution in [0, 0.1) is 0 Å². The molecule has 1 heterocycles. The lowest BCUT2D eigenvalue weighted by molar-refractivity contribution is 0.112. The Morgan fingerprint density at radius 3 is 2.76 bits per heavy atom. The number of hydrogen-bond acceptors (Lipinski definition) is 3. The van der Waals surface area contributed by atoms with E-state index in [-0.39, 0.29) is 0 Å². The molecule has 0 radical (unpaired) electrons. The van der Waals surface area contributed by atoms with Gasteiger partial charge in [0.05, 0.1) is 5.69 Å². The maximum absolute atomic E-state index is 10.7. The number of aldehydes is 1. The van der Waals surface area contributed by atoms with E-state index in [9.17, 15) is 4.79 Å².